The summed E-state index contributed by atoms with van der Waals surface area (Å²) in [6, 6.07) is 4.01. The number of carbonyl (C=O) groups excluding carboxylic acids is 1. The van der Waals surface area contributed by atoms with Crippen molar-refractivity contribution in [3.63, 3.8) is 0 Å². The van der Waals surface area contributed by atoms with E-state index in [0.717, 1.165) is 25.9 Å². The van der Waals surface area contributed by atoms with Gasteiger partial charge >= 0.3 is 0 Å². The molecule has 1 fully saturated rings. The maximum absolute atomic E-state index is 11.7. The fourth-order valence-electron chi connectivity index (χ4n) is 2.03. The van der Waals surface area contributed by atoms with Gasteiger partial charge in [0.2, 0.25) is 5.91 Å². The summed E-state index contributed by atoms with van der Waals surface area (Å²) in [5, 5.41) is 6.21. The highest BCUT2D eigenvalue weighted by atomic mass is 16.2. The Bertz CT molecular complexity index is 315. The Balaban J connectivity index is 1.67. The number of aromatic nitrogens is 1. The SMILES string of the molecule is O=C(NCCn1cccc1)[C@@H]1CCCCN1. The number of nitrogens with one attached hydrogen (secondary N) is 2. The predicted molar refractivity (Wildman–Crippen MR) is 63.1 cm³/mol. The first-order valence-corrected chi connectivity index (χ1v) is 5.98. The monoisotopic (exact) mass is 221 g/mol. The second-order valence-corrected chi connectivity index (χ2v) is 4.21. The summed E-state index contributed by atoms with van der Waals surface area (Å²) in [4.78, 5) is 11.7. The second kappa shape index (κ2) is 5.70. The van der Waals surface area contributed by atoms with E-state index in [1.807, 2.05) is 24.5 Å². The average Bonchev–Trinajstić information content (AvgIpc) is 2.83. The molecule has 1 amide bonds. The normalized spacial score (nSPS) is 20.6. The lowest BCUT2D eigenvalue weighted by Gasteiger charge is -2.22. The minimum atomic E-state index is 0.0263. The lowest BCUT2D eigenvalue weighted by atomic mass is 10.0. The largest absolute Gasteiger partial charge is 0.353 e. The van der Waals surface area contributed by atoms with Crippen molar-refractivity contribution in [3.8, 4) is 0 Å². The van der Waals surface area contributed by atoms with Crippen molar-refractivity contribution in [3.05, 3.63) is 24.5 Å². The van der Waals surface area contributed by atoms with Crippen LogP contribution in [0.25, 0.3) is 0 Å². The van der Waals surface area contributed by atoms with E-state index in [2.05, 4.69) is 15.2 Å². The van der Waals surface area contributed by atoms with Gasteiger partial charge in [0, 0.05) is 25.5 Å². The van der Waals surface area contributed by atoms with Crippen LogP contribution in [0, 0.1) is 0 Å². The van der Waals surface area contributed by atoms with E-state index < -0.39 is 0 Å². The zero-order valence-corrected chi connectivity index (χ0v) is 9.48. The molecule has 1 saturated heterocycles. The smallest absolute Gasteiger partial charge is 0.237 e. The van der Waals surface area contributed by atoms with Crippen molar-refractivity contribution in [1.29, 1.82) is 0 Å². The minimum Gasteiger partial charge on any atom is -0.353 e. The van der Waals surface area contributed by atoms with Crippen LogP contribution in [-0.2, 0) is 11.3 Å². The fraction of sp³-hybridized carbons (Fsp3) is 0.583. The van der Waals surface area contributed by atoms with Gasteiger partial charge in [0.15, 0.2) is 0 Å². The van der Waals surface area contributed by atoms with Crippen LogP contribution in [0.2, 0.25) is 0 Å². The number of carbonyl (C=O) groups is 1. The molecule has 4 nitrogen and oxygen atoms in total. The first kappa shape index (κ1) is 11.2. The summed E-state index contributed by atoms with van der Waals surface area (Å²) in [5.74, 6) is 0.145. The van der Waals surface area contributed by atoms with Crippen LogP contribution in [0.3, 0.4) is 0 Å². The van der Waals surface area contributed by atoms with Gasteiger partial charge in [-0.3, -0.25) is 4.79 Å². The number of hydrogen-bond acceptors (Lipinski definition) is 2. The zero-order chi connectivity index (χ0) is 11.2. The third-order valence-corrected chi connectivity index (χ3v) is 2.96. The highest BCUT2D eigenvalue weighted by Crippen LogP contribution is 2.06. The van der Waals surface area contributed by atoms with Crippen LogP contribution < -0.4 is 10.6 Å². The lowest BCUT2D eigenvalue weighted by molar-refractivity contribution is -0.123. The molecular weight excluding hydrogens is 202 g/mol. The molecule has 88 valence electrons. The molecule has 0 saturated carbocycles. The molecule has 2 heterocycles. The molecule has 2 rings (SSSR count). The van der Waals surface area contributed by atoms with E-state index >= 15 is 0 Å². The van der Waals surface area contributed by atoms with E-state index in [1.165, 1.54) is 6.42 Å². The number of nitrogens with zero attached hydrogens (tertiary/aromatic N) is 1. The summed E-state index contributed by atoms with van der Waals surface area (Å²) in [6.45, 7) is 2.51. The lowest BCUT2D eigenvalue weighted by Crippen LogP contribution is -2.47. The third-order valence-electron chi connectivity index (χ3n) is 2.96. The van der Waals surface area contributed by atoms with Crippen molar-refractivity contribution in [2.24, 2.45) is 0 Å². The Morgan fingerprint density at radius 1 is 1.38 bits per heavy atom. The van der Waals surface area contributed by atoms with Gasteiger partial charge in [0.25, 0.3) is 0 Å². The summed E-state index contributed by atoms with van der Waals surface area (Å²) in [7, 11) is 0. The molecule has 1 aliphatic rings. The fourth-order valence-corrected chi connectivity index (χ4v) is 2.03. The molecule has 0 spiro atoms. The van der Waals surface area contributed by atoms with Crippen molar-refractivity contribution >= 4 is 5.91 Å². The van der Waals surface area contributed by atoms with E-state index in [4.69, 9.17) is 0 Å². The van der Waals surface area contributed by atoms with Gasteiger partial charge in [0.05, 0.1) is 6.04 Å². The average molecular weight is 221 g/mol. The number of hydrogen-bond donors (Lipinski definition) is 2. The van der Waals surface area contributed by atoms with Gasteiger partial charge in [-0.1, -0.05) is 6.42 Å². The predicted octanol–water partition coefficient (Wildman–Crippen LogP) is 0.746. The van der Waals surface area contributed by atoms with Crippen LogP contribution >= 0.6 is 0 Å². The molecule has 1 aromatic rings. The molecule has 0 aliphatic carbocycles. The zero-order valence-electron chi connectivity index (χ0n) is 9.48. The van der Waals surface area contributed by atoms with Crippen LogP contribution in [0.5, 0.6) is 0 Å². The van der Waals surface area contributed by atoms with Crippen LogP contribution in [-0.4, -0.2) is 29.6 Å². The Morgan fingerprint density at radius 3 is 2.88 bits per heavy atom. The van der Waals surface area contributed by atoms with Crippen molar-refractivity contribution in [2.45, 2.75) is 31.8 Å². The van der Waals surface area contributed by atoms with Crippen molar-refractivity contribution < 1.29 is 4.79 Å². The molecule has 0 unspecified atom stereocenters. The maximum atomic E-state index is 11.7. The van der Waals surface area contributed by atoms with E-state index in [9.17, 15) is 4.79 Å². The van der Waals surface area contributed by atoms with Crippen LogP contribution in [0.1, 0.15) is 19.3 Å². The van der Waals surface area contributed by atoms with Gasteiger partial charge < -0.3 is 15.2 Å². The van der Waals surface area contributed by atoms with Gasteiger partial charge in [-0.05, 0) is 31.5 Å². The molecule has 0 radical (unpaired) electrons. The van der Waals surface area contributed by atoms with E-state index in [1.54, 1.807) is 0 Å². The Labute approximate surface area is 96.0 Å². The van der Waals surface area contributed by atoms with Crippen molar-refractivity contribution in [2.75, 3.05) is 13.1 Å². The molecule has 1 aliphatic heterocycles. The Hall–Kier alpha value is -1.29. The minimum absolute atomic E-state index is 0.0263. The van der Waals surface area contributed by atoms with E-state index in [0.29, 0.717) is 6.54 Å². The summed E-state index contributed by atoms with van der Waals surface area (Å²) in [5.41, 5.74) is 0. The molecule has 0 aromatic carbocycles. The molecule has 1 atom stereocenters. The summed E-state index contributed by atoms with van der Waals surface area (Å²) >= 11 is 0. The first-order valence-electron chi connectivity index (χ1n) is 5.98. The summed E-state index contributed by atoms with van der Waals surface area (Å²) < 4.78 is 2.06. The summed E-state index contributed by atoms with van der Waals surface area (Å²) in [6.07, 6.45) is 7.32. The molecule has 16 heavy (non-hydrogen) atoms. The third kappa shape index (κ3) is 3.10. The Kier molecular flexibility index (Phi) is 3.99. The van der Waals surface area contributed by atoms with Gasteiger partial charge in [-0.2, -0.15) is 0 Å². The first-order chi connectivity index (χ1) is 7.86. The molecule has 4 heteroatoms. The quantitative estimate of drug-likeness (QED) is 0.788. The van der Waals surface area contributed by atoms with E-state index in [-0.39, 0.29) is 11.9 Å². The topological polar surface area (TPSA) is 46.1 Å². The molecular formula is C12H19N3O. The molecule has 2 N–H and O–H groups in total. The highest BCUT2D eigenvalue weighted by molar-refractivity contribution is 5.81. The van der Waals surface area contributed by atoms with Crippen LogP contribution in [0.4, 0.5) is 0 Å². The highest BCUT2D eigenvalue weighted by Gasteiger charge is 2.19. The Morgan fingerprint density at radius 2 is 2.19 bits per heavy atom. The van der Waals surface area contributed by atoms with Gasteiger partial charge in [-0.25, -0.2) is 0 Å². The van der Waals surface area contributed by atoms with Crippen molar-refractivity contribution in [1.82, 2.24) is 15.2 Å². The van der Waals surface area contributed by atoms with Gasteiger partial charge in [-0.15, -0.1) is 0 Å². The molecule has 1 aromatic heterocycles. The number of piperidine rings is 1. The standard InChI is InChI=1S/C12H19N3O/c16-12(11-5-1-2-6-13-11)14-7-10-15-8-3-4-9-15/h3-4,8-9,11,13H,1-2,5-7,10H2,(H,14,16)/t11-/m0/s1. The van der Waals surface area contributed by atoms with Crippen LogP contribution in [0.15, 0.2) is 24.5 Å². The van der Waals surface area contributed by atoms with Gasteiger partial charge in [0.1, 0.15) is 0 Å². The molecule has 0 bridgehead atoms. The number of amides is 1. The second-order valence-electron chi connectivity index (χ2n) is 4.21. The number of rotatable bonds is 4. The maximum Gasteiger partial charge on any atom is 0.237 e.